The van der Waals surface area contributed by atoms with Crippen molar-refractivity contribution in [3.63, 3.8) is 0 Å². The smallest absolute Gasteiger partial charge is 0.254 e. The second kappa shape index (κ2) is 7.35. The van der Waals surface area contributed by atoms with Gasteiger partial charge in [-0.1, -0.05) is 18.2 Å². The Hall–Kier alpha value is -3.15. The Morgan fingerprint density at radius 3 is 2.69 bits per heavy atom. The minimum atomic E-state index is 0.00960. The number of carbonyl (C=O) groups excluding carboxylic acids is 1. The van der Waals surface area contributed by atoms with Gasteiger partial charge in [-0.05, 0) is 42.5 Å². The van der Waals surface area contributed by atoms with Crippen LogP contribution in [0.1, 0.15) is 34.8 Å². The number of rotatable bonds is 3. The number of nitrogens with zero attached hydrogens (tertiary/aromatic N) is 1. The number of carbonyl (C=O) groups is 1. The van der Waals surface area contributed by atoms with Crippen LogP contribution in [-0.4, -0.2) is 49.2 Å². The number of nitrogens with one attached hydrogen (secondary N) is 1. The van der Waals surface area contributed by atoms with Crippen LogP contribution < -0.4 is 14.2 Å². The van der Waals surface area contributed by atoms with Crippen molar-refractivity contribution in [1.29, 1.82) is 0 Å². The third-order valence-corrected chi connectivity index (χ3v) is 5.85. The highest BCUT2D eigenvalue weighted by Crippen LogP contribution is 2.41. The van der Waals surface area contributed by atoms with E-state index in [2.05, 4.69) is 29.2 Å². The summed E-state index contributed by atoms with van der Waals surface area (Å²) in [6, 6.07) is 14.1. The summed E-state index contributed by atoms with van der Waals surface area (Å²) >= 11 is 0. The van der Waals surface area contributed by atoms with Gasteiger partial charge in [0.05, 0.1) is 7.11 Å². The predicted molar refractivity (Wildman–Crippen MR) is 110 cm³/mol. The highest BCUT2D eigenvalue weighted by molar-refractivity contribution is 5.95. The first-order valence-corrected chi connectivity index (χ1v) is 10.1. The van der Waals surface area contributed by atoms with Crippen LogP contribution in [0.15, 0.2) is 42.5 Å². The number of benzene rings is 2. The van der Waals surface area contributed by atoms with Gasteiger partial charge in [0.2, 0.25) is 5.75 Å². The van der Waals surface area contributed by atoms with Crippen LogP contribution in [0.5, 0.6) is 17.2 Å². The second-order valence-corrected chi connectivity index (χ2v) is 7.58. The van der Waals surface area contributed by atoms with E-state index in [0.29, 0.717) is 41.9 Å². The van der Waals surface area contributed by atoms with Crippen molar-refractivity contribution in [3.8, 4) is 17.2 Å². The fraction of sp³-hybridized carbons (Fsp3) is 0.348. The summed E-state index contributed by atoms with van der Waals surface area (Å²) in [6.07, 6.45) is 1.89. The molecule has 2 aliphatic rings. The van der Waals surface area contributed by atoms with Gasteiger partial charge >= 0.3 is 0 Å². The van der Waals surface area contributed by atoms with Gasteiger partial charge in [-0.15, -0.1) is 0 Å². The third-order valence-electron chi connectivity index (χ3n) is 5.85. The highest BCUT2D eigenvalue weighted by atomic mass is 16.6. The number of methoxy groups -OCH3 is 1. The quantitative estimate of drug-likeness (QED) is 0.733. The summed E-state index contributed by atoms with van der Waals surface area (Å²) in [5.74, 6) is 2.15. The molecule has 0 saturated carbocycles. The first-order valence-electron chi connectivity index (χ1n) is 10.1. The van der Waals surface area contributed by atoms with Crippen molar-refractivity contribution in [2.45, 2.75) is 18.8 Å². The van der Waals surface area contributed by atoms with Gasteiger partial charge in [-0.3, -0.25) is 4.79 Å². The van der Waals surface area contributed by atoms with Crippen molar-refractivity contribution in [3.05, 3.63) is 53.7 Å². The van der Waals surface area contributed by atoms with Crippen molar-refractivity contribution in [2.24, 2.45) is 0 Å². The molecule has 150 valence electrons. The molecule has 1 amide bonds. The molecule has 6 nitrogen and oxygen atoms in total. The number of aromatic nitrogens is 1. The molecule has 0 atom stereocenters. The molecule has 2 aromatic carbocycles. The largest absolute Gasteiger partial charge is 0.493 e. The number of para-hydroxylation sites is 1. The Morgan fingerprint density at radius 2 is 1.90 bits per heavy atom. The van der Waals surface area contributed by atoms with Gasteiger partial charge in [0.1, 0.15) is 13.2 Å². The Balaban J connectivity index is 1.31. The first-order chi connectivity index (χ1) is 14.2. The van der Waals surface area contributed by atoms with E-state index in [0.717, 1.165) is 25.9 Å². The van der Waals surface area contributed by atoms with E-state index in [9.17, 15) is 4.79 Å². The van der Waals surface area contributed by atoms with Crippen LogP contribution in [0.25, 0.3) is 10.9 Å². The van der Waals surface area contributed by atoms with E-state index >= 15 is 0 Å². The lowest BCUT2D eigenvalue weighted by molar-refractivity contribution is 0.0710. The summed E-state index contributed by atoms with van der Waals surface area (Å²) in [7, 11) is 1.58. The molecule has 3 heterocycles. The number of piperidine rings is 1. The number of hydrogen-bond acceptors (Lipinski definition) is 4. The van der Waals surface area contributed by atoms with Crippen molar-refractivity contribution >= 4 is 16.8 Å². The van der Waals surface area contributed by atoms with Crippen LogP contribution >= 0.6 is 0 Å². The monoisotopic (exact) mass is 392 g/mol. The van der Waals surface area contributed by atoms with Gasteiger partial charge in [-0.25, -0.2) is 0 Å². The Morgan fingerprint density at radius 1 is 1.10 bits per heavy atom. The third kappa shape index (κ3) is 3.28. The molecule has 6 heteroatoms. The average molecular weight is 392 g/mol. The number of fused-ring (bicyclic) bond motifs is 2. The fourth-order valence-electron chi connectivity index (χ4n) is 4.29. The molecule has 3 aromatic rings. The Bertz CT molecular complexity index is 1000. The van der Waals surface area contributed by atoms with Crippen LogP contribution in [0.4, 0.5) is 0 Å². The lowest BCUT2D eigenvalue weighted by atomic mass is 9.93. The SMILES string of the molecule is COc1cc(C(=O)N2CCC(c3cc4ccccc4[nH]3)CC2)cc2c1OCCO2. The number of amides is 1. The number of likely N-dealkylation sites (tertiary alicyclic amines) is 1. The number of ether oxygens (including phenoxy) is 3. The van der Waals surface area contributed by atoms with E-state index in [1.165, 1.54) is 16.6 Å². The van der Waals surface area contributed by atoms with Gasteiger partial charge in [0.25, 0.3) is 5.91 Å². The lowest BCUT2D eigenvalue weighted by Crippen LogP contribution is -2.38. The fourth-order valence-corrected chi connectivity index (χ4v) is 4.29. The summed E-state index contributed by atoms with van der Waals surface area (Å²) in [5, 5.41) is 1.24. The van der Waals surface area contributed by atoms with Gasteiger partial charge in [0, 0.05) is 35.8 Å². The molecule has 1 N–H and O–H groups in total. The van der Waals surface area contributed by atoms with Gasteiger partial charge in [0.15, 0.2) is 11.5 Å². The van der Waals surface area contributed by atoms with Crippen LogP contribution in [0, 0.1) is 0 Å². The Labute approximate surface area is 169 Å². The molecular weight excluding hydrogens is 368 g/mol. The van der Waals surface area contributed by atoms with Crippen LogP contribution in [0.3, 0.4) is 0 Å². The first kappa shape index (κ1) is 17.9. The second-order valence-electron chi connectivity index (χ2n) is 7.58. The summed E-state index contributed by atoms with van der Waals surface area (Å²) in [5.41, 5.74) is 3.01. The van der Waals surface area contributed by atoms with Crippen LogP contribution in [-0.2, 0) is 0 Å². The van der Waals surface area contributed by atoms with Crippen molar-refractivity contribution in [1.82, 2.24) is 9.88 Å². The topological polar surface area (TPSA) is 63.8 Å². The molecular formula is C23H24N2O4. The number of hydrogen-bond donors (Lipinski definition) is 1. The van der Waals surface area contributed by atoms with E-state index in [1.54, 1.807) is 19.2 Å². The van der Waals surface area contributed by atoms with E-state index < -0.39 is 0 Å². The molecule has 2 aliphatic heterocycles. The minimum Gasteiger partial charge on any atom is -0.493 e. The normalized spacial score (nSPS) is 16.8. The summed E-state index contributed by atoms with van der Waals surface area (Å²) < 4.78 is 16.7. The molecule has 0 radical (unpaired) electrons. The summed E-state index contributed by atoms with van der Waals surface area (Å²) in [6.45, 7) is 2.42. The van der Waals surface area contributed by atoms with Crippen LogP contribution in [0.2, 0.25) is 0 Å². The van der Waals surface area contributed by atoms with Crippen molar-refractivity contribution in [2.75, 3.05) is 33.4 Å². The predicted octanol–water partition coefficient (Wildman–Crippen LogP) is 3.97. The molecule has 1 fully saturated rings. The zero-order valence-electron chi connectivity index (χ0n) is 16.4. The number of aromatic amines is 1. The molecule has 0 unspecified atom stereocenters. The van der Waals surface area contributed by atoms with Crippen molar-refractivity contribution < 1.29 is 19.0 Å². The maximum absolute atomic E-state index is 13.1. The number of H-pyrrole nitrogens is 1. The summed E-state index contributed by atoms with van der Waals surface area (Å²) in [4.78, 5) is 18.6. The van der Waals surface area contributed by atoms with E-state index in [4.69, 9.17) is 14.2 Å². The maximum atomic E-state index is 13.1. The molecule has 1 aromatic heterocycles. The van der Waals surface area contributed by atoms with E-state index in [-0.39, 0.29) is 5.91 Å². The highest BCUT2D eigenvalue weighted by Gasteiger charge is 2.28. The maximum Gasteiger partial charge on any atom is 0.254 e. The minimum absolute atomic E-state index is 0.00960. The standard InChI is InChI=1S/C23H24N2O4/c1-27-20-13-17(14-21-22(20)29-11-10-28-21)23(26)25-8-6-15(7-9-25)19-12-16-4-2-3-5-18(16)24-19/h2-5,12-15,24H,6-11H2,1H3. The molecule has 29 heavy (non-hydrogen) atoms. The average Bonchev–Trinajstić information content (AvgIpc) is 3.22. The van der Waals surface area contributed by atoms with Gasteiger partial charge < -0.3 is 24.1 Å². The molecule has 1 saturated heterocycles. The van der Waals surface area contributed by atoms with Gasteiger partial charge in [-0.2, -0.15) is 0 Å². The molecule has 0 spiro atoms. The zero-order chi connectivity index (χ0) is 19.8. The lowest BCUT2D eigenvalue weighted by Gasteiger charge is -2.32. The molecule has 0 bridgehead atoms. The zero-order valence-corrected chi connectivity index (χ0v) is 16.4. The Kier molecular flexibility index (Phi) is 4.54. The van der Waals surface area contributed by atoms with E-state index in [1.807, 2.05) is 11.0 Å². The molecule has 0 aliphatic carbocycles. The molecule has 5 rings (SSSR count).